The van der Waals surface area contributed by atoms with Crippen molar-refractivity contribution in [1.82, 2.24) is 14.2 Å². The summed E-state index contributed by atoms with van der Waals surface area (Å²) in [6.07, 6.45) is 5.51. The second-order valence-corrected chi connectivity index (χ2v) is 11.9. The van der Waals surface area contributed by atoms with Gasteiger partial charge in [-0.2, -0.15) is 4.31 Å². The maximum Gasteiger partial charge on any atom is 0.258 e. The van der Waals surface area contributed by atoms with Crippen LogP contribution in [0.1, 0.15) is 59.9 Å². The van der Waals surface area contributed by atoms with Gasteiger partial charge in [0.2, 0.25) is 10.0 Å². The fourth-order valence-corrected chi connectivity index (χ4v) is 7.56. The second-order valence-electron chi connectivity index (χ2n) is 8.86. The average Bonchev–Trinajstić information content (AvgIpc) is 3.42. The van der Waals surface area contributed by atoms with Crippen molar-refractivity contribution in [3.05, 3.63) is 53.0 Å². The number of rotatable bonds is 5. The number of para-hydroxylation sites is 1. The lowest BCUT2D eigenvalue weighted by molar-refractivity contribution is 0.0732. The Balaban J connectivity index is 1.47. The number of fused-ring (bicyclic) bond motifs is 1. The quantitative estimate of drug-likeness (QED) is 0.502. The number of ether oxygens (including phenoxy) is 1. The molecule has 2 aliphatic heterocycles. The van der Waals surface area contributed by atoms with Crippen LogP contribution in [0.3, 0.4) is 0 Å². The van der Waals surface area contributed by atoms with Crippen molar-refractivity contribution >= 4 is 37.5 Å². The van der Waals surface area contributed by atoms with Crippen LogP contribution in [0.2, 0.25) is 0 Å². The Labute approximate surface area is 204 Å². The van der Waals surface area contributed by atoms with E-state index in [-0.39, 0.29) is 22.4 Å². The molecule has 2 fully saturated rings. The number of sulfonamides is 1. The van der Waals surface area contributed by atoms with Crippen LogP contribution < -0.4 is 4.74 Å². The summed E-state index contributed by atoms with van der Waals surface area (Å²) >= 11 is 1.61. The van der Waals surface area contributed by atoms with Gasteiger partial charge < -0.3 is 9.64 Å². The molecule has 1 amide bonds. The molecule has 0 saturated carbocycles. The van der Waals surface area contributed by atoms with Crippen LogP contribution in [0.15, 0.2) is 47.4 Å². The molecule has 0 N–H and O–H groups in total. The third-order valence-electron chi connectivity index (χ3n) is 6.71. The third-order valence-corrected chi connectivity index (χ3v) is 9.75. The summed E-state index contributed by atoms with van der Waals surface area (Å²) in [6, 6.07) is 12.5. The maximum absolute atomic E-state index is 13.8. The molecule has 1 atom stereocenters. The summed E-state index contributed by atoms with van der Waals surface area (Å²) < 4.78 is 34.9. The SMILES string of the molecule is COc1ccc(S(=O)(=O)N2CCCCCC2)cc1C(=O)N1CCCC1c1nc2ccccc2s1. The molecule has 3 aromatic rings. The molecule has 2 aromatic carbocycles. The number of benzene rings is 2. The van der Waals surface area contributed by atoms with Crippen LogP contribution in [0.4, 0.5) is 0 Å². The smallest absolute Gasteiger partial charge is 0.258 e. The standard InChI is InChI=1S/C25H29N3O4S2/c1-32-22-13-12-18(34(30,31)27-14-6-2-3-7-15-27)17-19(22)25(29)28-16-8-10-21(28)24-26-20-9-4-5-11-23(20)33-24/h4-5,9,11-13,17,21H,2-3,6-8,10,14-16H2,1H3. The molecule has 9 heteroatoms. The average molecular weight is 500 g/mol. The van der Waals surface area contributed by atoms with Crippen LogP contribution in [0.5, 0.6) is 5.75 Å². The molecule has 2 saturated heterocycles. The first-order valence-electron chi connectivity index (χ1n) is 11.8. The van der Waals surface area contributed by atoms with Gasteiger partial charge in [0.25, 0.3) is 5.91 Å². The maximum atomic E-state index is 13.8. The van der Waals surface area contributed by atoms with Crippen LogP contribution in [0.25, 0.3) is 10.2 Å². The Morgan fingerprint density at radius 1 is 1.03 bits per heavy atom. The molecule has 1 unspecified atom stereocenters. The van der Waals surface area contributed by atoms with Gasteiger partial charge in [0.1, 0.15) is 10.8 Å². The molecular formula is C25H29N3O4S2. The minimum absolute atomic E-state index is 0.125. The minimum Gasteiger partial charge on any atom is -0.496 e. The number of hydrogen-bond donors (Lipinski definition) is 0. The molecule has 5 rings (SSSR count). The molecule has 2 aliphatic rings. The number of carbonyl (C=O) groups is 1. The number of thiazole rings is 1. The summed E-state index contributed by atoms with van der Waals surface area (Å²) in [7, 11) is -2.17. The summed E-state index contributed by atoms with van der Waals surface area (Å²) in [5, 5.41) is 0.916. The first kappa shape index (κ1) is 23.3. The molecule has 0 aliphatic carbocycles. The fraction of sp³-hybridized carbons (Fsp3) is 0.440. The van der Waals surface area contributed by atoms with Crippen molar-refractivity contribution in [2.24, 2.45) is 0 Å². The fourth-order valence-electron chi connectivity index (χ4n) is 4.90. The Morgan fingerprint density at radius 2 is 1.79 bits per heavy atom. The van der Waals surface area contributed by atoms with Crippen LogP contribution in [-0.4, -0.2) is 55.3 Å². The molecule has 0 spiro atoms. The lowest BCUT2D eigenvalue weighted by atomic mass is 10.1. The van der Waals surface area contributed by atoms with Crippen molar-refractivity contribution < 1.29 is 17.9 Å². The zero-order chi connectivity index (χ0) is 23.7. The van der Waals surface area contributed by atoms with Crippen LogP contribution >= 0.6 is 11.3 Å². The number of hydrogen-bond acceptors (Lipinski definition) is 6. The van der Waals surface area contributed by atoms with Gasteiger partial charge in [-0.1, -0.05) is 25.0 Å². The van der Waals surface area contributed by atoms with E-state index in [9.17, 15) is 13.2 Å². The van der Waals surface area contributed by atoms with Gasteiger partial charge in [0.15, 0.2) is 0 Å². The van der Waals surface area contributed by atoms with Gasteiger partial charge >= 0.3 is 0 Å². The van der Waals surface area contributed by atoms with Crippen molar-refractivity contribution in [3.63, 3.8) is 0 Å². The molecule has 34 heavy (non-hydrogen) atoms. The molecule has 0 bridgehead atoms. The van der Waals surface area contributed by atoms with E-state index in [0.717, 1.165) is 53.7 Å². The van der Waals surface area contributed by atoms with Crippen LogP contribution in [0, 0.1) is 0 Å². The first-order chi connectivity index (χ1) is 16.5. The van der Waals surface area contributed by atoms with Gasteiger partial charge in [0, 0.05) is 19.6 Å². The summed E-state index contributed by atoms with van der Waals surface area (Å²) in [4.78, 5) is 20.5. The Hall–Kier alpha value is -2.49. The largest absolute Gasteiger partial charge is 0.496 e. The molecular weight excluding hydrogens is 470 g/mol. The van der Waals surface area contributed by atoms with Gasteiger partial charge in [-0.15, -0.1) is 11.3 Å². The van der Waals surface area contributed by atoms with E-state index in [2.05, 4.69) is 0 Å². The second kappa shape index (κ2) is 9.64. The van der Waals surface area contributed by atoms with Crippen molar-refractivity contribution in [1.29, 1.82) is 0 Å². The monoisotopic (exact) mass is 499 g/mol. The highest BCUT2D eigenvalue weighted by Crippen LogP contribution is 2.38. The van der Waals surface area contributed by atoms with Crippen molar-refractivity contribution in [2.75, 3.05) is 26.7 Å². The van der Waals surface area contributed by atoms with E-state index in [1.54, 1.807) is 27.8 Å². The number of methoxy groups -OCH3 is 1. The highest BCUT2D eigenvalue weighted by molar-refractivity contribution is 7.89. The highest BCUT2D eigenvalue weighted by Gasteiger charge is 2.35. The number of likely N-dealkylation sites (tertiary alicyclic amines) is 1. The van der Waals surface area contributed by atoms with E-state index < -0.39 is 10.0 Å². The lowest BCUT2D eigenvalue weighted by Gasteiger charge is -2.25. The first-order valence-corrected chi connectivity index (χ1v) is 14.1. The predicted molar refractivity (Wildman–Crippen MR) is 133 cm³/mol. The van der Waals surface area contributed by atoms with Gasteiger partial charge in [0.05, 0.1) is 33.8 Å². The summed E-state index contributed by atoms with van der Waals surface area (Å²) in [5.41, 5.74) is 1.22. The molecule has 1 aromatic heterocycles. The van der Waals surface area contributed by atoms with Gasteiger partial charge in [-0.25, -0.2) is 13.4 Å². The summed E-state index contributed by atoms with van der Waals surface area (Å²) in [6.45, 7) is 1.64. The Bertz CT molecular complexity index is 1260. The van der Waals surface area contributed by atoms with E-state index in [1.807, 2.05) is 29.2 Å². The Kier molecular flexibility index (Phi) is 6.59. The van der Waals surface area contributed by atoms with E-state index in [4.69, 9.17) is 9.72 Å². The molecule has 180 valence electrons. The van der Waals surface area contributed by atoms with E-state index in [0.29, 0.717) is 25.4 Å². The normalized spacial score (nSPS) is 19.9. The minimum atomic E-state index is -3.68. The Morgan fingerprint density at radius 3 is 2.53 bits per heavy atom. The number of aromatic nitrogens is 1. The topological polar surface area (TPSA) is 79.8 Å². The molecule has 0 radical (unpaired) electrons. The number of carbonyl (C=O) groups excluding carboxylic acids is 1. The molecule has 7 nitrogen and oxygen atoms in total. The zero-order valence-electron chi connectivity index (χ0n) is 19.3. The predicted octanol–water partition coefficient (Wildman–Crippen LogP) is 4.85. The van der Waals surface area contributed by atoms with Crippen molar-refractivity contribution in [3.8, 4) is 5.75 Å². The van der Waals surface area contributed by atoms with E-state index >= 15 is 0 Å². The summed E-state index contributed by atoms with van der Waals surface area (Å²) in [5.74, 6) is 0.168. The highest BCUT2D eigenvalue weighted by atomic mass is 32.2. The zero-order valence-corrected chi connectivity index (χ0v) is 20.9. The third kappa shape index (κ3) is 4.32. The van der Waals surface area contributed by atoms with Crippen molar-refractivity contribution in [2.45, 2.75) is 49.5 Å². The van der Waals surface area contributed by atoms with E-state index in [1.165, 1.54) is 13.2 Å². The lowest BCUT2D eigenvalue weighted by Crippen LogP contribution is -2.33. The molecule has 3 heterocycles. The number of amides is 1. The van der Waals surface area contributed by atoms with Crippen LogP contribution in [-0.2, 0) is 10.0 Å². The van der Waals surface area contributed by atoms with Gasteiger partial charge in [-0.05, 0) is 56.0 Å². The number of nitrogens with zero attached hydrogens (tertiary/aromatic N) is 3. The van der Waals surface area contributed by atoms with Gasteiger partial charge in [-0.3, -0.25) is 4.79 Å².